The van der Waals surface area contributed by atoms with Crippen molar-refractivity contribution in [1.29, 1.82) is 0 Å². The molecule has 0 aliphatic carbocycles. The molecular weight excluding hydrogens is 350 g/mol. The quantitative estimate of drug-likeness (QED) is 0.517. The van der Waals surface area contributed by atoms with Gasteiger partial charge in [-0.3, -0.25) is 9.59 Å². The Labute approximate surface area is 165 Å². The zero-order valence-corrected chi connectivity index (χ0v) is 16.7. The average Bonchev–Trinajstić information content (AvgIpc) is 3.01. The van der Waals surface area contributed by atoms with E-state index in [1.54, 1.807) is 11.6 Å². The highest BCUT2D eigenvalue weighted by Crippen LogP contribution is 2.20. The summed E-state index contributed by atoms with van der Waals surface area (Å²) in [7, 11) is 0. The molecule has 5 nitrogen and oxygen atoms in total. The molecule has 0 fully saturated rings. The second-order valence-electron chi connectivity index (χ2n) is 6.97. The Kier molecular flexibility index (Phi) is 5.73. The van der Waals surface area contributed by atoms with E-state index in [1.807, 2.05) is 75.4 Å². The summed E-state index contributed by atoms with van der Waals surface area (Å²) in [6.07, 6.45) is 0.698. The topological polar surface area (TPSA) is 64.0 Å². The van der Waals surface area contributed by atoms with Gasteiger partial charge in [0.1, 0.15) is 0 Å². The number of carbonyl (C=O) groups is 2. The van der Waals surface area contributed by atoms with Crippen LogP contribution >= 0.6 is 0 Å². The zero-order chi connectivity index (χ0) is 20.3. The molecule has 3 aromatic rings. The Morgan fingerprint density at radius 2 is 1.64 bits per heavy atom. The van der Waals surface area contributed by atoms with Crippen molar-refractivity contribution in [3.05, 3.63) is 82.7 Å². The zero-order valence-electron chi connectivity index (χ0n) is 16.7. The van der Waals surface area contributed by atoms with Crippen molar-refractivity contribution in [2.45, 2.75) is 40.2 Å². The largest absolute Gasteiger partial charge is 0.342 e. The number of amides is 1. The first kappa shape index (κ1) is 19.5. The van der Waals surface area contributed by atoms with E-state index >= 15 is 0 Å². The van der Waals surface area contributed by atoms with Crippen LogP contribution in [0.2, 0.25) is 0 Å². The fraction of sp³-hybridized carbons (Fsp3) is 0.261. The maximum absolute atomic E-state index is 12.9. The highest BCUT2D eigenvalue weighted by molar-refractivity contribution is 6.43. The molecule has 1 aromatic heterocycles. The number of aryl methyl sites for hydroxylation is 2. The molecule has 0 saturated heterocycles. The Morgan fingerprint density at radius 1 is 1.00 bits per heavy atom. The second-order valence-corrected chi connectivity index (χ2v) is 6.97. The molecule has 1 N–H and O–H groups in total. The first-order valence-electron chi connectivity index (χ1n) is 9.45. The molecule has 0 saturated carbocycles. The lowest BCUT2D eigenvalue weighted by Gasteiger charge is -2.17. The number of rotatable bonds is 6. The average molecular weight is 375 g/mol. The predicted molar refractivity (Wildman–Crippen MR) is 110 cm³/mol. The molecule has 1 heterocycles. The van der Waals surface area contributed by atoms with Crippen molar-refractivity contribution in [1.82, 2.24) is 15.1 Å². The van der Waals surface area contributed by atoms with E-state index in [1.165, 1.54) is 0 Å². The van der Waals surface area contributed by atoms with Crippen LogP contribution in [0.4, 0.5) is 0 Å². The number of hydrogen-bond donors (Lipinski definition) is 1. The van der Waals surface area contributed by atoms with Gasteiger partial charge < -0.3 is 5.32 Å². The maximum Gasteiger partial charge on any atom is 0.293 e. The van der Waals surface area contributed by atoms with Gasteiger partial charge in [0.15, 0.2) is 0 Å². The smallest absolute Gasteiger partial charge is 0.293 e. The molecule has 0 aliphatic rings. The number of benzene rings is 2. The molecule has 0 bridgehead atoms. The number of Topliss-reactive ketones (excluding diaryl/α,β-unsaturated/α-hetero) is 1. The molecule has 28 heavy (non-hydrogen) atoms. The molecule has 2 aromatic carbocycles. The predicted octanol–water partition coefficient (Wildman–Crippen LogP) is 4.25. The minimum Gasteiger partial charge on any atom is -0.342 e. The van der Waals surface area contributed by atoms with Gasteiger partial charge in [0.25, 0.3) is 11.7 Å². The van der Waals surface area contributed by atoms with Crippen molar-refractivity contribution in [2.75, 3.05) is 0 Å². The van der Waals surface area contributed by atoms with E-state index in [2.05, 4.69) is 10.4 Å². The fourth-order valence-corrected chi connectivity index (χ4v) is 3.35. The Bertz CT molecular complexity index is 989. The number of nitrogens with zero attached hydrogens (tertiary/aromatic N) is 2. The van der Waals surface area contributed by atoms with Crippen LogP contribution in [0.3, 0.4) is 0 Å². The monoisotopic (exact) mass is 375 g/mol. The van der Waals surface area contributed by atoms with Crippen molar-refractivity contribution < 1.29 is 9.59 Å². The molecule has 1 atom stereocenters. The first-order chi connectivity index (χ1) is 13.4. The van der Waals surface area contributed by atoms with Crippen molar-refractivity contribution in [2.24, 2.45) is 0 Å². The molecule has 5 heteroatoms. The Morgan fingerprint density at radius 3 is 2.25 bits per heavy atom. The van der Waals surface area contributed by atoms with Gasteiger partial charge in [-0.2, -0.15) is 5.10 Å². The lowest BCUT2D eigenvalue weighted by molar-refractivity contribution is -0.117. The summed E-state index contributed by atoms with van der Waals surface area (Å²) in [6, 6.07) is 17.3. The van der Waals surface area contributed by atoms with Gasteiger partial charge in [0.05, 0.1) is 28.7 Å². The molecule has 1 amide bonds. The summed E-state index contributed by atoms with van der Waals surface area (Å²) in [5, 5.41) is 7.35. The summed E-state index contributed by atoms with van der Waals surface area (Å²) < 4.78 is 1.70. The van der Waals surface area contributed by atoms with Gasteiger partial charge in [-0.15, -0.1) is 0 Å². The lowest BCUT2D eigenvalue weighted by Crippen LogP contribution is -2.34. The van der Waals surface area contributed by atoms with Crippen LogP contribution in [-0.4, -0.2) is 21.5 Å². The third-order valence-electron chi connectivity index (χ3n) is 4.92. The summed E-state index contributed by atoms with van der Waals surface area (Å²) >= 11 is 0. The molecule has 144 valence electrons. The minimum atomic E-state index is -0.605. The number of nitrogens with one attached hydrogen (secondary N) is 1. The number of hydrogen-bond acceptors (Lipinski definition) is 3. The molecule has 0 unspecified atom stereocenters. The third kappa shape index (κ3) is 3.88. The summed E-state index contributed by atoms with van der Waals surface area (Å²) in [5.41, 5.74) is 4.56. The maximum atomic E-state index is 12.9. The van der Waals surface area contributed by atoms with E-state index in [-0.39, 0.29) is 6.04 Å². The highest BCUT2D eigenvalue weighted by atomic mass is 16.2. The molecule has 3 rings (SSSR count). The number of para-hydroxylation sites is 1. The van der Waals surface area contributed by atoms with Gasteiger partial charge in [0.2, 0.25) is 0 Å². The van der Waals surface area contributed by atoms with Crippen LogP contribution in [0.1, 0.15) is 52.3 Å². The van der Waals surface area contributed by atoms with Crippen molar-refractivity contribution in [3.8, 4) is 5.69 Å². The van der Waals surface area contributed by atoms with E-state index in [0.717, 1.165) is 16.8 Å². The van der Waals surface area contributed by atoms with Gasteiger partial charge in [-0.25, -0.2) is 4.68 Å². The number of carbonyl (C=O) groups excluding carboxylic acids is 2. The standard InChI is InChI=1S/C23H25N3O2/c1-5-20(18-13-11-15(2)12-14-18)24-23(28)22(27)21-16(3)25-26(17(21)4)19-9-7-6-8-10-19/h6-14,20H,5H2,1-4H3,(H,24,28)/t20-/m1/s1. The van der Waals surface area contributed by atoms with Crippen LogP contribution in [0.5, 0.6) is 0 Å². The van der Waals surface area contributed by atoms with Crippen molar-refractivity contribution in [3.63, 3.8) is 0 Å². The number of ketones is 1. The van der Waals surface area contributed by atoms with E-state index < -0.39 is 11.7 Å². The second kappa shape index (κ2) is 8.21. The molecule has 0 spiro atoms. The Balaban J connectivity index is 1.84. The van der Waals surface area contributed by atoms with E-state index in [4.69, 9.17) is 0 Å². The highest BCUT2D eigenvalue weighted by Gasteiger charge is 2.26. The van der Waals surface area contributed by atoms with Gasteiger partial charge in [-0.1, -0.05) is 55.0 Å². The van der Waals surface area contributed by atoms with Gasteiger partial charge >= 0.3 is 0 Å². The molecule has 0 aliphatic heterocycles. The van der Waals surface area contributed by atoms with Crippen LogP contribution < -0.4 is 5.32 Å². The third-order valence-corrected chi connectivity index (χ3v) is 4.92. The Hall–Kier alpha value is -3.21. The van der Waals surface area contributed by atoms with Crippen LogP contribution in [0.25, 0.3) is 5.69 Å². The van der Waals surface area contributed by atoms with E-state index in [0.29, 0.717) is 23.4 Å². The van der Waals surface area contributed by atoms with Gasteiger partial charge in [0, 0.05) is 0 Å². The summed E-state index contributed by atoms with van der Waals surface area (Å²) in [5.74, 6) is -1.16. The van der Waals surface area contributed by atoms with Crippen LogP contribution in [0, 0.1) is 20.8 Å². The van der Waals surface area contributed by atoms with Crippen molar-refractivity contribution >= 4 is 11.7 Å². The van der Waals surface area contributed by atoms with Gasteiger partial charge in [-0.05, 0) is 44.9 Å². The normalized spacial score (nSPS) is 11.9. The van der Waals surface area contributed by atoms with Crippen LogP contribution in [0.15, 0.2) is 54.6 Å². The number of aromatic nitrogens is 2. The molecular formula is C23H25N3O2. The molecule has 0 radical (unpaired) electrons. The minimum absolute atomic E-state index is 0.207. The summed E-state index contributed by atoms with van der Waals surface area (Å²) in [4.78, 5) is 25.6. The summed E-state index contributed by atoms with van der Waals surface area (Å²) in [6.45, 7) is 7.57. The lowest BCUT2D eigenvalue weighted by atomic mass is 10.0. The van der Waals surface area contributed by atoms with E-state index in [9.17, 15) is 9.59 Å². The SMILES string of the molecule is CC[C@@H](NC(=O)C(=O)c1c(C)nn(-c2ccccc2)c1C)c1ccc(C)cc1. The fourth-order valence-electron chi connectivity index (χ4n) is 3.35. The first-order valence-corrected chi connectivity index (χ1v) is 9.45. The van der Waals surface area contributed by atoms with Crippen LogP contribution in [-0.2, 0) is 4.79 Å².